The molecule has 0 saturated heterocycles. The van der Waals surface area contributed by atoms with Crippen LogP contribution in [-0.2, 0) is 0 Å². The zero-order valence-electron chi connectivity index (χ0n) is 15.6. The van der Waals surface area contributed by atoms with Gasteiger partial charge in [-0.25, -0.2) is 0 Å². The third-order valence-electron chi connectivity index (χ3n) is 4.09. The monoisotopic (exact) mass is 379 g/mol. The number of rotatable bonds is 6. The van der Waals surface area contributed by atoms with Crippen LogP contribution in [0.2, 0.25) is 13.1 Å². The van der Waals surface area contributed by atoms with Crippen LogP contribution in [0, 0.1) is 0 Å². The van der Waals surface area contributed by atoms with Gasteiger partial charge in [0.1, 0.15) is 11.5 Å². The Labute approximate surface area is 161 Å². The van der Waals surface area contributed by atoms with Crippen molar-refractivity contribution in [2.45, 2.75) is 13.1 Å². The van der Waals surface area contributed by atoms with Gasteiger partial charge in [0.2, 0.25) is 0 Å². The lowest BCUT2D eigenvalue weighted by molar-refractivity contribution is 0.414. The standard InChI is InChI=1S/C22H23O2SSi/c1-23-18-9-5-16(6-10-18)21-15-20(13-14-26(3)4)25-22(21)17-7-11-19(24-2)12-8-17/h5-15H,1-4H3. The number of methoxy groups -OCH3 is 2. The molecule has 4 heteroatoms. The largest absolute Gasteiger partial charge is 0.497 e. The van der Waals surface area contributed by atoms with Crippen molar-refractivity contribution in [2.24, 2.45) is 0 Å². The molecule has 0 saturated carbocycles. The highest BCUT2D eigenvalue weighted by molar-refractivity contribution is 7.17. The fourth-order valence-corrected chi connectivity index (χ4v) is 4.41. The lowest BCUT2D eigenvalue weighted by Crippen LogP contribution is -1.91. The lowest BCUT2D eigenvalue weighted by Gasteiger charge is -2.07. The third kappa shape index (κ3) is 4.26. The highest BCUT2D eigenvalue weighted by atomic mass is 32.1. The minimum Gasteiger partial charge on any atom is -0.497 e. The molecule has 0 unspecified atom stereocenters. The molecule has 2 nitrogen and oxygen atoms in total. The predicted octanol–water partition coefficient (Wildman–Crippen LogP) is 6.41. The number of thiophene rings is 1. The first-order valence-corrected chi connectivity index (χ1v) is 11.9. The van der Waals surface area contributed by atoms with Gasteiger partial charge in [0.25, 0.3) is 0 Å². The number of hydrogen-bond acceptors (Lipinski definition) is 3. The predicted molar refractivity (Wildman–Crippen MR) is 115 cm³/mol. The molecule has 0 aliphatic carbocycles. The van der Waals surface area contributed by atoms with Crippen LogP contribution in [0.1, 0.15) is 4.88 Å². The molecular formula is C22H23O2SSi. The highest BCUT2D eigenvalue weighted by Gasteiger charge is 2.12. The normalized spacial score (nSPS) is 11.3. The van der Waals surface area contributed by atoms with Gasteiger partial charge in [0.05, 0.1) is 23.0 Å². The Morgan fingerprint density at radius 3 is 1.85 bits per heavy atom. The molecular weight excluding hydrogens is 356 g/mol. The van der Waals surface area contributed by atoms with Crippen LogP contribution >= 0.6 is 11.3 Å². The zero-order valence-corrected chi connectivity index (χ0v) is 17.4. The van der Waals surface area contributed by atoms with Gasteiger partial charge in [-0.2, -0.15) is 0 Å². The van der Waals surface area contributed by atoms with Gasteiger partial charge in [-0.15, -0.1) is 11.3 Å². The molecule has 1 heterocycles. The smallest absolute Gasteiger partial charge is 0.118 e. The molecule has 26 heavy (non-hydrogen) atoms. The van der Waals surface area contributed by atoms with Gasteiger partial charge in [0.15, 0.2) is 0 Å². The minimum absolute atomic E-state index is 0.388. The average Bonchev–Trinajstić information content (AvgIpc) is 3.11. The molecule has 1 aromatic heterocycles. The Morgan fingerprint density at radius 2 is 1.35 bits per heavy atom. The number of ether oxygens (including phenoxy) is 2. The van der Waals surface area contributed by atoms with E-state index >= 15 is 0 Å². The van der Waals surface area contributed by atoms with E-state index in [-0.39, 0.29) is 8.80 Å². The van der Waals surface area contributed by atoms with Crippen LogP contribution in [0.5, 0.6) is 11.5 Å². The number of hydrogen-bond donors (Lipinski definition) is 0. The Bertz CT molecular complexity index is 813. The van der Waals surface area contributed by atoms with Crippen molar-refractivity contribution in [1.82, 2.24) is 0 Å². The topological polar surface area (TPSA) is 18.5 Å². The van der Waals surface area contributed by atoms with Gasteiger partial charge in [-0.1, -0.05) is 37.0 Å². The number of benzene rings is 2. The molecule has 0 amide bonds. The summed E-state index contributed by atoms with van der Waals surface area (Å²) in [6.45, 7) is 4.59. The second-order valence-corrected chi connectivity index (χ2v) is 9.83. The van der Waals surface area contributed by atoms with E-state index in [9.17, 15) is 0 Å². The maximum atomic E-state index is 5.30. The summed E-state index contributed by atoms with van der Waals surface area (Å²) >= 11 is 1.83. The van der Waals surface area contributed by atoms with Crippen molar-refractivity contribution in [3.63, 3.8) is 0 Å². The Morgan fingerprint density at radius 1 is 0.808 bits per heavy atom. The molecule has 0 atom stereocenters. The highest BCUT2D eigenvalue weighted by Crippen LogP contribution is 2.40. The molecule has 1 radical (unpaired) electrons. The molecule has 3 rings (SSSR count). The van der Waals surface area contributed by atoms with Gasteiger partial charge in [0, 0.05) is 15.3 Å². The van der Waals surface area contributed by atoms with Crippen LogP contribution in [0.4, 0.5) is 0 Å². The Balaban J connectivity index is 2.07. The van der Waals surface area contributed by atoms with Crippen molar-refractivity contribution in [3.05, 3.63) is 65.2 Å². The molecule has 2 aromatic carbocycles. The second-order valence-electron chi connectivity index (χ2n) is 6.26. The van der Waals surface area contributed by atoms with Gasteiger partial charge < -0.3 is 9.47 Å². The van der Waals surface area contributed by atoms with Gasteiger partial charge in [-0.3, -0.25) is 0 Å². The molecule has 0 aliphatic rings. The molecule has 133 valence electrons. The van der Waals surface area contributed by atoms with Crippen molar-refractivity contribution in [3.8, 4) is 33.1 Å². The molecule has 3 aromatic rings. The maximum Gasteiger partial charge on any atom is 0.118 e. The van der Waals surface area contributed by atoms with Crippen LogP contribution in [0.15, 0.2) is 60.3 Å². The molecule has 0 fully saturated rings. The second kappa shape index (κ2) is 8.38. The first-order valence-electron chi connectivity index (χ1n) is 8.51. The summed E-state index contributed by atoms with van der Waals surface area (Å²) in [5.74, 6) is 1.75. The van der Waals surface area contributed by atoms with Crippen LogP contribution in [0.25, 0.3) is 27.6 Å². The van der Waals surface area contributed by atoms with Crippen molar-refractivity contribution < 1.29 is 9.47 Å². The summed E-state index contributed by atoms with van der Waals surface area (Å²) in [6, 6.07) is 18.8. The zero-order chi connectivity index (χ0) is 18.5. The third-order valence-corrected chi connectivity index (χ3v) is 6.07. The Kier molecular flexibility index (Phi) is 5.96. The average molecular weight is 380 g/mol. The summed E-state index contributed by atoms with van der Waals surface area (Å²) in [6.07, 6.45) is 2.26. The Hall–Kier alpha value is -2.30. The van der Waals surface area contributed by atoms with E-state index < -0.39 is 0 Å². The molecule has 0 spiro atoms. The van der Waals surface area contributed by atoms with E-state index in [2.05, 4.69) is 55.2 Å². The van der Waals surface area contributed by atoms with Gasteiger partial charge in [-0.05, 0) is 53.6 Å². The van der Waals surface area contributed by atoms with Crippen molar-refractivity contribution in [2.75, 3.05) is 14.2 Å². The van der Waals surface area contributed by atoms with Crippen molar-refractivity contribution >= 4 is 26.2 Å². The summed E-state index contributed by atoms with van der Waals surface area (Å²) in [7, 11) is 3.00. The summed E-state index contributed by atoms with van der Waals surface area (Å²) in [4.78, 5) is 2.56. The van der Waals surface area contributed by atoms with E-state index in [1.54, 1.807) is 14.2 Å². The van der Waals surface area contributed by atoms with E-state index in [1.165, 1.54) is 26.4 Å². The molecule has 0 N–H and O–H groups in total. The SMILES string of the molecule is COc1ccc(-c2cc(C=C[Si](C)C)sc2-c2ccc(OC)cc2)cc1. The maximum absolute atomic E-state index is 5.30. The fourth-order valence-electron chi connectivity index (χ4n) is 2.68. The van der Waals surface area contributed by atoms with Gasteiger partial charge >= 0.3 is 0 Å². The van der Waals surface area contributed by atoms with E-state index in [4.69, 9.17) is 9.47 Å². The fraction of sp³-hybridized carbons (Fsp3) is 0.182. The summed E-state index contributed by atoms with van der Waals surface area (Å²) < 4.78 is 10.6. The van der Waals surface area contributed by atoms with Crippen molar-refractivity contribution in [1.29, 1.82) is 0 Å². The van der Waals surface area contributed by atoms with Crippen LogP contribution in [0.3, 0.4) is 0 Å². The quantitative estimate of drug-likeness (QED) is 0.461. The lowest BCUT2D eigenvalue weighted by atomic mass is 10.0. The molecule has 0 aliphatic heterocycles. The van der Waals surface area contributed by atoms with Crippen LogP contribution < -0.4 is 9.47 Å². The minimum atomic E-state index is -0.388. The van der Waals surface area contributed by atoms with E-state index in [0.717, 1.165) is 11.5 Å². The van der Waals surface area contributed by atoms with E-state index in [0.29, 0.717) is 0 Å². The first-order chi connectivity index (χ1) is 12.6. The van der Waals surface area contributed by atoms with E-state index in [1.807, 2.05) is 35.6 Å². The summed E-state index contributed by atoms with van der Waals surface area (Å²) in [5.41, 5.74) is 6.00. The molecule has 0 bridgehead atoms. The first kappa shape index (κ1) is 18.5. The van der Waals surface area contributed by atoms with Crippen LogP contribution in [-0.4, -0.2) is 23.0 Å². The summed E-state index contributed by atoms with van der Waals surface area (Å²) in [5, 5.41) is 0.